The van der Waals surface area contributed by atoms with E-state index in [0.29, 0.717) is 0 Å². The van der Waals surface area contributed by atoms with E-state index in [0.717, 1.165) is 13.1 Å². The van der Waals surface area contributed by atoms with Crippen molar-refractivity contribution in [3.05, 3.63) is 0 Å². The molecule has 0 saturated heterocycles. The summed E-state index contributed by atoms with van der Waals surface area (Å²) in [5.41, 5.74) is 0. The van der Waals surface area contributed by atoms with E-state index >= 15 is 0 Å². The predicted octanol–water partition coefficient (Wildman–Crippen LogP) is 2.85. The van der Waals surface area contributed by atoms with E-state index in [1.165, 1.54) is 0 Å². The molecule has 0 aliphatic heterocycles. The quantitative estimate of drug-likeness (QED) is 0.740. The Kier molecular flexibility index (Phi) is 72.0. The van der Waals surface area contributed by atoms with Gasteiger partial charge in [-0.05, 0) is 21.1 Å². The van der Waals surface area contributed by atoms with Gasteiger partial charge in [0.2, 0.25) is 0 Å². The normalized spacial score (nSPS) is 6.92. The van der Waals surface area contributed by atoms with Crippen molar-refractivity contribution in [2.75, 3.05) is 34.2 Å². The largest absolute Gasteiger partial charge is 0.318 e. The lowest BCUT2D eigenvalue weighted by atomic mass is 10.6. The SMILES string of the molecule is CC.CC.CC.CNCCN(C)C. The van der Waals surface area contributed by atoms with Gasteiger partial charge in [0, 0.05) is 13.1 Å². The molecule has 13 heavy (non-hydrogen) atoms. The Morgan fingerprint density at radius 2 is 1.15 bits per heavy atom. The molecule has 0 amide bonds. The van der Waals surface area contributed by atoms with Crippen LogP contribution in [-0.4, -0.2) is 39.1 Å². The fourth-order valence-electron chi connectivity index (χ4n) is 0.335. The molecule has 0 aromatic carbocycles. The molecule has 0 heterocycles. The van der Waals surface area contributed by atoms with Gasteiger partial charge >= 0.3 is 0 Å². The number of nitrogens with one attached hydrogen (secondary N) is 1. The monoisotopic (exact) mass is 192 g/mol. The fraction of sp³-hybridized carbons (Fsp3) is 1.00. The Bertz CT molecular complexity index is 37.1. The third-order valence-corrected chi connectivity index (χ3v) is 0.809. The van der Waals surface area contributed by atoms with Crippen molar-refractivity contribution in [2.24, 2.45) is 0 Å². The highest BCUT2D eigenvalue weighted by Crippen LogP contribution is 1.66. The van der Waals surface area contributed by atoms with Crippen LogP contribution in [0.5, 0.6) is 0 Å². The molecule has 0 unspecified atom stereocenters. The minimum atomic E-state index is 1.08. The van der Waals surface area contributed by atoms with Crippen LogP contribution in [0.2, 0.25) is 0 Å². The highest BCUT2D eigenvalue weighted by Gasteiger charge is 1.82. The Hall–Kier alpha value is -0.0800. The van der Waals surface area contributed by atoms with Gasteiger partial charge in [0.15, 0.2) is 0 Å². The van der Waals surface area contributed by atoms with Gasteiger partial charge in [0.05, 0.1) is 0 Å². The van der Waals surface area contributed by atoms with Crippen LogP contribution in [0.3, 0.4) is 0 Å². The summed E-state index contributed by atoms with van der Waals surface area (Å²) in [6.45, 7) is 14.2. The van der Waals surface area contributed by atoms with Gasteiger partial charge < -0.3 is 10.2 Å². The van der Waals surface area contributed by atoms with Gasteiger partial charge in [-0.2, -0.15) is 0 Å². The summed E-state index contributed by atoms with van der Waals surface area (Å²) in [4.78, 5) is 2.15. The summed E-state index contributed by atoms with van der Waals surface area (Å²) in [5.74, 6) is 0. The first kappa shape index (κ1) is 23.1. The Morgan fingerprint density at radius 1 is 0.846 bits per heavy atom. The lowest BCUT2D eigenvalue weighted by Gasteiger charge is -2.06. The van der Waals surface area contributed by atoms with Gasteiger partial charge in [0.25, 0.3) is 0 Å². The number of likely N-dealkylation sites (N-methyl/N-ethyl adjacent to an activating group) is 2. The minimum Gasteiger partial charge on any atom is -0.318 e. The van der Waals surface area contributed by atoms with Crippen molar-refractivity contribution >= 4 is 0 Å². The van der Waals surface area contributed by atoms with Gasteiger partial charge in [-0.25, -0.2) is 0 Å². The van der Waals surface area contributed by atoms with Gasteiger partial charge in [-0.3, -0.25) is 0 Å². The molecular weight excluding hydrogens is 160 g/mol. The second kappa shape index (κ2) is 40.6. The van der Waals surface area contributed by atoms with Crippen LogP contribution < -0.4 is 5.32 Å². The molecule has 0 aromatic heterocycles. The van der Waals surface area contributed by atoms with E-state index < -0.39 is 0 Å². The lowest BCUT2D eigenvalue weighted by molar-refractivity contribution is 0.407. The van der Waals surface area contributed by atoms with Gasteiger partial charge in [0.1, 0.15) is 0 Å². The van der Waals surface area contributed by atoms with E-state index in [2.05, 4.69) is 24.3 Å². The number of hydrogen-bond acceptors (Lipinski definition) is 2. The Labute approximate surface area is 86.7 Å². The molecule has 0 radical (unpaired) electrons. The van der Waals surface area contributed by atoms with Crippen molar-refractivity contribution < 1.29 is 0 Å². The van der Waals surface area contributed by atoms with E-state index in [-0.39, 0.29) is 0 Å². The second-order valence-corrected chi connectivity index (χ2v) is 1.91. The summed E-state index contributed by atoms with van der Waals surface area (Å²) in [6, 6.07) is 0. The van der Waals surface area contributed by atoms with E-state index in [1.54, 1.807) is 0 Å². The van der Waals surface area contributed by atoms with Crippen molar-refractivity contribution in [1.29, 1.82) is 0 Å². The van der Waals surface area contributed by atoms with Crippen LogP contribution in [0.4, 0.5) is 0 Å². The first-order valence-electron chi connectivity index (χ1n) is 5.56. The Morgan fingerprint density at radius 3 is 1.23 bits per heavy atom. The smallest absolute Gasteiger partial charge is 0.0101 e. The summed E-state index contributed by atoms with van der Waals surface area (Å²) in [6.07, 6.45) is 0. The first-order chi connectivity index (χ1) is 6.27. The van der Waals surface area contributed by atoms with Crippen LogP contribution in [0.1, 0.15) is 41.5 Å². The lowest BCUT2D eigenvalue weighted by Crippen LogP contribution is -2.23. The highest BCUT2D eigenvalue weighted by molar-refractivity contribution is 4.42. The molecule has 2 heteroatoms. The molecule has 1 N–H and O–H groups in total. The van der Waals surface area contributed by atoms with Crippen LogP contribution in [-0.2, 0) is 0 Å². The average Bonchev–Trinajstić information content (AvgIpc) is 2.24. The van der Waals surface area contributed by atoms with Crippen LogP contribution >= 0.6 is 0 Å². The molecular formula is C11H32N2. The standard InChI is InChI=1S/C5H14N2.3C2H6/c1-6-4-5-7(2)3;3*1-2/h6H,4-5H2,1-3H3;3*1-2H3. The molecule has 0 aliphatic rings. The molecule has 2 nitrogen and oxygen atoms in total. The Balaban J connectivity index is -0.0000000573. The summed E-state index contributed by atoms with van der Waals surface area (Å²) in [5, 5.41) is 3.06. The zero-order chi connectivity index (χ0) is 11.7. The molecule has 86 valence electrons. The third kappa shape index (κ3) is 76.3. The number of hydrogen-bond donors (Lipinski definition) is 1. The summed E-state index contributed by atoms with van der Waals surface area (Å²) >= 11 is 0. The molecule has 0 fully saturated rings. The van der Waals surface area contributed by atoms with Crippen molar-refractivity contribution in [3.63, 3.8) is 0 Å². The molecule has 0 atom stereocenters. The first-order valence-corrected chi connectivity index (χ1v) is 5.56. The number of rotatable bonds is 3. The van der Waals surface area contributed by atoms with Crippen LogP contribution in [0.15, 0.2) is 0 Å². The van der Waals surface area contributed by atoms with Crippen molar-refractivity contribution in [1.82, 2.24) is 10.2 Å². The second-order valence-electron chi connectivity index (χ2n) is 1.91. The zero-order valence-corrected chi connectivity index (χ0v) is 11.4. The van der Waals surface area contributed by atoms with Crippen molar-refractivity contribution in [2.45, 2.75) is 41.5 Å². The van der Waals surface area contributed by atoms with E-state index in [9.17, 15) is 0 Å². The molecule has 0 rings (SSSR count). The van der Waals surface area contributed by atoms with Crippen molar-refractivity contribution in [3.8, 4) is 0 Å². The van der Waals surface area contributed by atoms with Crippen LogP contribution in [0.25, 0.3) is 0 Å². The van der Waals surface area contributed by atoms with Crippen LogP contribution in [0, 0.1) is 0 Å². The molecule has 0 aliphatic carbocycles. The van der Waals surface area contributed by atoms with Gasteiger partial charge in [-0.15, -0.1) is 0 Å². The maximum Gasteiger partial charge on any atom is 0.0101 e. The minimum absolute atomic E-state index is 1.08. The zero-order valence-electron chi connectivity index (χ0n) is 11.4. The summed E-state index contributed by atoms with van der Waals surface area (Å²) in [7, 11) is 6.10. The molecule has 0 saturated carbocycles. The topological polar surface area (TPSA) is 15.3 Å². The molecule has 0 bridgehead atoms. The molecule has 0 spiro atoms. The summed E-state index contributed by atoms with van der Waals surface area (Å²) < 4.78 is 0. The van der Waals surface area contributed by atoms with Gasteiger partial charge in [-0.1, -0.05) is 41.5 Å². The third-order valence-electron chi connectivity index (χ3n) is 0.809. The van der Waals surface area contributed by atoms with E-state index in [4.69, 9.17) is 0 Å². The fourth-order valence-corrected chi connectivity index (χ4v) is 0.335. The van der Waals surface area contributed by atoms with E-state index in [1.807, 2.05) is 48.6 Å². The maximum atomic E-state index is 3.06. The highest BCUT2D eigenvalue weighted by atomic mass is 15.1. The maximum absolute atomic E-state index is 3.06. The number of nitrogens with zero attached hydrogens (tertiary/aromatic N) is 1. The average molecular weight is 192 g/mol. The predicted molar refractivity (Wildman–Crippen MR) is 66.5 cm³/mol. The molecule has 0 aromatic rings.